The second kappa shape index (κ2) is 7.17. The van der Waals surface area contributed by atoms with Crippen molar-refractivity contribution >= 4 is 33.1 Å². The van der Waals surface area contributed by atoms with Crippen LogP contribution in [-0.4, -0.2) is 22.2 Å². The zero-order valence-electron chi connectivity index (χ0n) is 14.5. The monoisotopic (exact) mass is 395 g/mol. The Labute approximate surface area is 162 Å². The van der Waals surface area contributed by atoms with Crippen molar-refractivity contribution in [3.05, 3.63) is 56.9 Å². The van der Waals surface area contributed by atoms with Gasteiger partial charge in [0.25, 0.3) is 11.6 Å². The lowest BCUT2D eigenvalue weighted by Crippen LogP contribution is -2.17. The van der Waals surface area contributed by atoms with E-state index in [1.165, 1.54) is 23.5 Å². The Morgan fingerprint density at radius 1 is 1.29 bits per heavy atom. The van der Waals surface area contributed by atoms with Gasteiger partial charge in [-0.05, 0) is 23.8 Å². The largest absolute Gasteiger partial charge is 0.454 e. The number of terminal acetylenes is 1. The van der Waals surface area contributed by atoms with Crippen LogP contribution in [0.1, 0.15) is 5.56 Å². The van der Waals surface area contributed by atoms with E-state index in [4.69, 9.17) is 15.9 Å². The number of nitro groups is 1. The normalized spacial score (nSPS) is 12.9. The second-order valence-electron chi connectivity index (χ2n) is 5.95. The quantitative estimate of drug-likeness (QED) is 0.384. The lowest BCUT2D eigenvalue weighted by molar-refractivity contribution is -0.384. The molecule has 0 aliphatic carbocycles. The minimum atomic E-state index is -0.473. The van der Waals surface area contributed by atoms with E-state index in [0.29, 0.717) is 21.8 Å². The number of carbonyl (C=O) groups is 1. The Kier molecular flexibility index (Phi) is 4.55. The highest BCUT2D eigenvalue weighted by Crippen LogP contribution is 2.32. The van der Waals surface area contributed by atoms with E-state index < -0.39 is 4.92 Å². The fourth-order valence-corrected chi connectivity index (χ4v) is 3.90. The first kappa shape index (κ1) is 17.8. The Bertz CT molecular complexity index is 1220. The van der Waals surface area contributed by atoms with Crippen molar-refractivity contribution in [1.82, 2.24) is 4.57 Å². The highest BCUT2D eigenvalue weighted by molar-refractivity contribution is 7.16. The molecule has 0 saturated heterocycles. The highest BCUT2D eigenvalue weighted by Gasteiger charge is 2.15. The van der Waals surface area contributed by atoms with Crippen LogP contribution in [0.2, 0.25) is 0 Å². The molecule has 0 spiro atoms. The molecule has 0 unspecified atom stereocenters. The van der Waals surface area contributed by atoms with Crippen LogP contribution in [0.25, 0.3) is 10.2 Å². The number of nitrogens with zero attached hydrogens (tertiary/aromatic N) is 3. The van der Waals surface area contributed by atoms with Gasteiger partial charge in [0, 0.05) is 12.1 Å². The van der Waals surface area contributed by atoms with Crippen LogP contribution in [-0.2, 0) is 17.8 Å². The standard InChI is InChI=1S/C19H13N3O5S/c1-2-7-21-14-10-13(22(24)25)4-6-17(14)28-19(21)20-18(23)9-12-3-5-15-16(8-12)27-11-26-15/h1,3-6,8,10H,7,9,11H2. The molecule has 0 bridgehead atoms. The maximum absolute atomic E-state index is 12.5. The number of carbonyl (C=O) groups excluding carboxylic acids is 1. The van der Waals surface area contributed by atoms with Crippen LogP contribution in [0.5, 0.6) is 11.5 Å². The molecular formula is C19H13N3O5S. The molecule has 0 saturated carbocycles. The van der Waals surface area contributed by atoms with E-state index in [0.717, 1.165) is 10.3 Å². The Morgan fingerprint density at radius 2 is 2.11 bits per heavy atom. The summed E-state index contributed by atoms with van der Waals surface area (Å²) in [6.45, 7) is 0.314. The van der Waals surface area contributed by atoms with E-state index in [2.05, 4.69) is 10.9 Å². The van der Waals surface area contributed by atoms with Gasteiger partial charge >= 0.3 is 0 Å². The van der Waals surface area contributed by atoms with Gasteiger partial charge in [0.05, 0.1) is 28.1 Å². The van der Waals surface area contributed by atoms with Gasteiger partial charge in [0.15, 0.2) is 16.3 Å². The number of ether oxygens (including phenoxy) is 2. The smallest absolute Gasteiger partial charge is 0.271 e. The molecule has 4 rings (SSSR count). The minimum Gasteiger partial charge on any atom is -0.454 e. The third-order valence-corrected chi connectivity index (χ3v) is 5.20. The van der Waals surface area contributed by atoms with Crippen LogP contribution in [0.3, 0.4) is 0 Å². The molecule has 3 aromatic rings. The first-order valence-electron chi connectivity index (χ1n) is 8.22. The molecule has 0 radical (unpaired) electrons. The predicted molar refractivity (Wildman–Crippen MR) is 102 cm³/mol. The first-order valence-corrected chi connectivity index (χ1v) is 9.04. The van der Waals surface area contributed by atoms with Gasteiger partial charge in [-0.25, -0.2) is 0 Å². The van der Waals surface area contributed by atoms with Crippen molar-refractivity contribution in [2.24, 2.45) is 4.99 Å². The van der Waals surface area contributed by atoms with Gasteiger partial charge in [-0.1, -0.05) is 23.3 Å². The fourth-order valence-electron chi connectivity index (χ4n) is 2.87. The van der Waals surface area contributed by atoms with Crippen molar-refractivity contribution in [2.75, 3.05) is 6.79 Å². The van der Waals surface area contributed by atoms with Gasteiger partial charge < -0.3 is 14.0 Å². The zero-order valence-corrected chi connectivity index (χ0v) is 15.3. The van der Waals surface area contributed by atoms with Crippen molar-refractivity contribution in [2.45, 2.75) is 13.0 Å². The average molecular weight is 395 g/mol. The summed E-state index contributed by atoms with van der Waals surface area (Å²) < 4.78 is 13.0. The number of hydrogen-bond donors (Lipinski definition) is 0. The predicted octanol–water partition coefficient (Wildman–Crippen LogP) is 2.64. The van der Waals surface area contributed by atoms with E-state index >= 15 is 0 Å². The zero-order chi connectivity index (χ0) is 19.7. The summed E-state index contributed by atoms with van der Waals surface area (Å²) in [5.41, 5.74) is 1.28. The number of nitro benzene ring substituents is 1. The maximum Gasteiger partial charge on any atom is 0.271 e. The molecule has 2 heterocycles. The summed E-state index contributed by atoms with van der Waals surface area (Å²) in [6, 6.07) is 9.76. The molecule has 8 nitrogen and oxygen atoms in total. The van der Waals surface area contributed by atoms with Crippen LogP contribution < -0.4 is 14.3 Å². The summed E-state index contributed by atoms with van der Waals surface area (Å²) >= 11 is 1.26. The number of thiazole rings is 1. The van der Waals surface area contributed by atoms with Crippen LogP contribution in [0.4, 0.5) is 5.69 Å². The SMILES string of the molecule is C#CCn1c(=NC(=O)Cc2ccc3c(c2)OCO3)sc2ccc([N+](=O)[O-])cc21. The summed E-state index contributed by atoms with van der Waals surface area (Å²) in [6.07, 6.45) is 5.52. The van der Waals surface area contributed by atoms with Crippen molar-refractivity contribution in [3.8, 4) is 23.8 Å². The molecule has 28 heavy (non-hydrogen) atoms. The Balaban J connectivity index is 1.69. The van der Waals surface area contributed by atoms with Gasteiger partial charge in [-0.3, -0.25) is 14.9 Å². The fraction of sp³-hybridized carbons (Fsp3) is 0.158. The van der Waals surface area contributed by atoms with Crippen molar-refractivity contribution in [3.63, 3.8) is 0 Å². The van der Waals surface area contributed by atoms with Crippen LogP contribution >= 0.6 is 11.3 Å². The molecule has 2 aromatic carbocycles. The van der Waals surface area contributed by atoms with Crippen LogP contribution in [0.15, 0.2) is 41.4 Å². The number of benzene rings is 2. The maximum atomic E-state index is 12.5. The second-order valence-corrected chi connectivity index (χ2v) is 6.96. The van der Waals surface area contributed by atoms with Gasteiger partial charge in [-0.2, -0.15) is 4.99 Å². The third-order valence-electron chi connectivity index (χ3n) is 4.14. The minimum absolute atomic E-state index is 0.0469. The summed E-state index contributed by atoms with van der Waals surface area (Å²) in [7, 11) is 0. The highest BCUT2D eigenvalue weighted by atomic mass is 32.1. The summed E-state index contributed by atoms with van der Waals surface area (Å²) in [4.78, 5) is 27.6. The summed E-state index contributed by atoms with van der Waals surface area (Å²) in [5, 5.41) is 11.0. The topological polar surface area (TPSA) is 96.0 Å². The molecule has 9 heteroatoms. The molecule has 1 amide bonds. The van der Waals surface area contributed by atoms with Gasteiger partial charge in [0.1, 0.15) is 0 Å². The van der Waals surface area contributed by atoms with E-state index in [1.807, 2.05) is 0 Å². The summed E-state index contributed by atoms with van der Waals surface area (Å²) in [5.74, 6) is 3.39. The van der Waals surface area contributed by atoms with Gasteiger partial charge in [0.2, 0.25) is 6.79 Å². The molecule has 1 aliphatic heterocycles. The Hall–Kier alpha value is -3.64. The average Bonchev–Trinajstić information content (AvgIpc) is 3.26. The van der Waals surface area contributed by atoms with E-state index in [1.54, 1.807) is 28.8 Å². The molecule has 0 atom stereocenters. The lowest BCUT2D eigenvalue weighted by Gasteiger charge is -2.01. The number of aromatic nitrogens is 1. The van der Waals surface area contributed by atoms with E-state index in [-0.39, 0.29) is 31.4 Å². The molecule has 0 N–H and O–H groups in total. The van der Waals surface area contributed by atoms with Gasteiger partial charge in [-0.15, -0.1) is 6.42 Å². The molecule has 140 valence electrons. The molecule has 0 fully saturated rings. The van der Waals surface area contributed by atoms with Crippen molar-refractivity contribution in [1.29, 1.82) is 0 Å². The first-order chi connectivity index (χ1) is 13.5. The lowest BCUT2D eigenvalue weighted by atomic mass is 10.1. The number of fused-ring (bicyclic) bond motifs is 2. The number of rotatable bonds is 4. The number of non-ortho nitro benzene ring substituents is 1. The van der Waals surface area contributed by atoms with Crippen molar-refractivity contribution < 1.29 is 19.2 Å². The molecule has 1 aliphatic rings. The number of amides is 1. The number of hydrogen-bond acceptors (Lipinski definition) is 6. The molecule has 1 aromatic heterocycles. The third kappa shape index (κ3) is 3.33. The van der Waals surface area contributed by atoms with E-state index in [9.17, 15) is 14.9 Å². The molecular weight excluding hydrogens is 382 g/mol. The Morgan fingerprint density at radius 3 is 2.89 bits per heavy atom. The van der Waals surface area contributed by atoms with Crippen LogP contribution in [0, 0.1) is 22.5 Å².